The van der Waals surface area contributed by atoms with Crippen LogP contribution in [0.1, 0.15) is 0 Å². The van der Waals surface area contributed by atoms with Gasteiger partial charge in [-0.3, -0.25) is 11.5 Å². The lowest BCUT2D eigenvalue weighted by Crippen LogP contribution is -2.59. The summed E-state index contributed by atoms with van der Waals surface area (Å²) in [5.74, 6) is -0.679. The minimum Gasteiger partial charge on any atom is -0.332 e. The highest BCUT2D eigenvalue weighted by Gasteiger charge is 2.30. The zero-order valence-corrected chi connectivity index (χ0v) is 6.76. The number of nitrogens with zero attached hydrogens (tertiary/aromatic N) is 2. The van der Waals surface area contributed by atoms with Crippen molar-refractivity contribution in [3.05, 3.63) is 11.5 Å². The summed E-state index contributed by atoms with van der Waals surface area (Å²) in [5.41, 5.74) is 11.6. The van der Waals surface area contributed by atoms with Gasteiger partial charge in [0.05, 0.1) is 0 Å². The molecular weight excluding hydrogens is 180 g/mol. The largest absolute Gasteiger partial charge is 0.332 e. The van der Waals surface area contributed by atoms with Gasteiger partial charge >= 0.3 is 0 Å². The minimum absolute atomic E-state index is 0.297. The lowest BCUT2D eigenvalue weighted by molar-refractivity contribution is 0.599. The summed E-state index contributed by atoms with van der Waals surface area (Å²) in [6.07, 6.45) is 1.33. The van der Waals surface area contributed by atoms with E-state index in [0.29, 0.717) is 16.7 Å². The first-order chi connectivity index (χ1) is 5.58. The highest BCUT2D eigenvalue weighted by atomic mass is 35.5. The van der Waals surface area contributed by atoms with E-state index in [0.717, 1.165) is 0 Å². The molecule has 64 valence electrons. The van der Waals surface area contributed by atoms with Gasteiger partial charge in [-0.25, -0.2) is 9.97 Å². The highest BCUT2D eigenvalue weighted by Crippen LogP contribution is 2.32. The maximum absolute atomic E-state index is 5.73. The van der Waals surface area contributed by atoms with E-state index in [2.05, 4.69) is 20.6 Å². The van der Waals surface area contributed by atoms with E-state index in [1.807, 2.05) is 0 Å². The second kappa shape index (κ2) is 2.19. The molecule has 0 saturated heterocycles. The van der Waals surface area contributed by atoms with Crippen LogP contribution in [-0.4, -0.2) is 15.9 Å². The number of anilines is 2. The van der Waals surface area contributed by atoms with Crippen LogP contribution in [0.2, 0.25) is 5.15 Å². The lowest BCUT2D eigenvalue weighted by Gasteiger charge is -2.18. The van der Waals surface area contributed by atoms with Crippen LogP contribution in [0.3, 0.4) is 0 Å². The first-order valence-corrected chi connectivity index (χ1v) is 3.61. The molecule has 1 aromatic heterocycles. The second-order valence-corrected chi connectivity index (χ2v) is 2.87. The van der Waals surface area contributed by atoms with E-state index >= 15 is 0 Å². The summed E-state index contributed by atoms with van der Waals surface area (Å²) in [4.78, 5) is 7.64. The van der Waals surface area contributed by atoms with Crippen molar-refractivity contribution in [2.75, 3.05) is 10.6 Å². The van der Waals surface area contributed by atoms with Crippen molar-refractivity contribution < 1.29 is 0 Å². The number of rotatable bonds is 0. The monoisotopic (exact) mass is 186 g/mol. The molecule has 0 bridgehead atoms. The molecule has 0 unspecified atom stereocenters. The standard InChI is InChI=1S/C5H7ClN6/c6-3-2-4(10-1-9-3)12-5(7,8)11-2/h1,11H,7-8H2,(H,9,10,12). The molecule has 1 aromatic rings. The number of nitrogens with two attached hydrogens (primary N) is 2. The van der Waals surface area contributed by atoms with E-state index in [1.165, 1.54) is 6.33 Å². The molecule has 2 rings (SSSR count). The Labute approximate surface area is 73.3 Å². The summed E-state index contributed by atoms with van der Waals surface area (Å²) in [7, 11) is 0. The Morgan fingerprint density at radius 1 is 1.33 bits per heavy atom. The van der Waals surface area contributed by atoms with Crippen LogP contribution in [0, 0.1) is 0 Å². The Hall–Kier alpha value is -1.11. The normalized spacial score (nSPS) is 17.9. The molecular formula is C5H7ClN6. The third kappa shape index (κ3) is 1.06. The van der Waals surface area contributed by atoms with E-state index < -0.39 is 5.91 Å². The number of halogens is 1. The molecule has 0 amide bonds. The zero-order chi connectivity index (χ0) is 8.77. The molecule has 6 N–H and O–H groups in total. The van der Waals surface area contributed by atoms with Crippen LogP contribution < -0.4 is 22.1 Å². The van der Waals surface area contributed by atoms with Crippen LogP contribution in [0.25, 0.3) is 0 Å². The number of aromatic nitrogens is 2. The Bertz CT molecular complexity index is 324. The van der Waals surface area contributed by atoms with Crippen LogP contribution in [0.15, 0.2) is 6.33 Å². The van der Waals surface area contributed by atoms with Gasteiger partial charge in [0.25, 0.3) is 0 Å². The Morgan fingerprint density at radius 3 is 2.75 bits per heavy atom. The van der Waals surface area contributed by atoms with Crippen molar-refractivity contribution in [3.63, 3.8) is 0 Å². The van der Waals surface area contributed by atoms with Gasteiger partial charge in [-0.1, -0.05) is 11.6 Å². The van der Waals surface area contributed by atoms with Crippen LogP contribution >= 0.6 is 11.6 Å². The van der Waals surface area contributed by atoms with Gasteiger partial charge in [0.2, 0.25) is 5.91 Å². The highest BCUT2D eigenvalue weighted by molar-refractivity contribution is 6.32. The van der Waals surface area contributed by atoms with Gasteiger partial charge in [-0.2, -0.15) is 0 Å². The van der Waals surface area contributed by atoms with Crippen molar-refractivity contribution in [1.82, 2.24) is 9.97 Å². The smallest absolute Gasteiger partial charge is 0.220 e. The molecule has 0 spiro atoms. The third-order valence-electron chi connectivity index (χ3n) is 1.46. The van der Waals surface area contributed by atoms with Crippen molar-refractivity contribution >= 4 is 23.1 Å². The Kier molecular flexibility index (Phi) is 1.38. The summed E-state index contributed by atoms with van der Waals surface area (Å²) < 4.78 is 0. The summed E-state index contributed by atoms with van der Waals surface area (Å²) >= 11 is 5.73. The van der Waals surface area contributed by atoms with Crippen LogP contribution in [0.4, 0.5) is 11.5 Å². The average molecular weight is 187 g/mol. The fraction of sp³-hybridized carbons (Fsp3) is 0.200. The molecule has 0 saturated carbocycles. The second-order valence-electron chi connectivity index (χ2n) is 2.51. The van der Waals surface area contributed by atoms with Crippen LogP contribution in [-0.2, 0) is 0 Å². The van der Waals surface area contributed by atoms with Crippen LogP contribution in [0.5, 0.6) is 0 Å². The molecule has 1 aliphatic rings. The quantitative estimate of drug-likeness (QED) is 0.322. The van der Waals surface area contributed by atoms with E-state index in [9.17, 15) is 0 Å². The van der Waals surface area contributed by atoms with Crippen molar-refractivity contribution in [2.45, 2.75) is 5.91 Å². The number of hydrogen-bond donors (Lipinski definition) is 4. The summed E-state index contributed by atoms with van der Waals surface area (Å²) in [5, 5.41) is 5.75. The van der Waals surface area contributed by atoms with Crippen molar-refractivity contribution in [1.29, 1.82) is 0 Å². The Morgan fingerprint density at radius 2 is 2.08 bits per heavy atom. The molecule has 2 heterocycles. The summed E-state index contributed by atoms with van der Waals surface area (Å²) in [6, 6.07) is 0. The molecule has 0 aromatic carbocycles. The Balaban J connectivity index is 2.48. The zero-order valence-electron chi connectivity index (χ0n) is 6.00. The summed E-state index contributed by atoms with van der Waals surface area (Å²) in [6.45, 7) is 0. The predicted octanol–water partition coefficient (Wildman–Crippen LogP) is -0.504. The molecule has 7 heteroatoms. The van der Waals surface area contributed by atoms with E-state index in [1.54, 1.807) is 0 Å². The molecule has 1 aliphatic heterocycles. The van der Waals surface area contributed by atoms with Crippen molar-refractivity contribution in [3.8, 4) is 0 Å². The lowest BCUT2D eigenvalue weighted by atomic mass is 10.5. The maximum Gasteiger partial charge on any atom is 0.220 e. The SMILES string of the molecule is NC1(N)Nc2ncnc(Cl)c2N1. The van der Waals surface area contributed by atoms with Gasteiger partial charge < -0.3 is 10.6 Å². The van der Waals surface area contributed by atoms with Gasteiger partial charge in [-0.15, -0.1) is 0 Å². The fourth-order valence-corrected chi connectivity index (χ4v) is 1.18. The molecule has 0 atom stereocenters. The van der Waals surface area contributed by atoms with Gasteiger partial charge in [-0.05, 0) is 0 Å². The first kappa shape index (κ1) is 7.53. The molecule has 0 radical (unpaired) electrons. The van der Waals surface area contributed by atoms with E-state index in [-0.39, 0.29) is 0 Å². The van der Waals surface area contributed by atoms with Crippen molar-refractivity contribution in [2.24, 2.45) is 11.5 Å². The molecule has 12 heavy (non-hydrogen) atoms. The number of hydrogen-bond acceptors (Lipinski definition) is 6. The number of nitrogens with one attached hydrogen (secondary N) is 2. The number of fused-ring (bicyclic) bond motifs is 1. The topological polar surface area (TPSA) is 102 Å². The fourth-order valence-electron chi connectivity index (χ4n) is 1.00. The van der Waals surface area contributed by atoms with E-state index in [4.69, 9.17) is 23.1 Å². The predicted molar refractivity (Wildman–Crippen MR) is 45.4 cm³/mol. The van der Waals surface area contributed by atoms with Gasteiger partial charge in [0, 0.05) is 0 Å². The van der Waals surface area contributed by atoms with Gasteiger partial charge in [0.15, 0.2) is 11.0 Å². The first-order valence-electron chi connectivity index (χ1n) is 3.23. The average Bonchev–Trinajstić information content (AvgIpc) is 2.25. The third-order valence-corrected chi connectivity index (χ3v) is 1.74. The van der Waals surface area contributed by atoms with Gasteiger partial charge in [0.1, 0.15) is 12.0 Å². The molecule has 0 fully saturated rings. The molecule has 0 aliphatic carbocycles. The minimum atomic E-state index is -1.19. The molecule has 6 nitrogen and oxygen atoms in total. The maximum atomic E-state index is 5.73.